The first kappa shape index (κ1) is 9.06. The van der Waals surface area contributed by atoms with Crippen LogP contribution >= 0.6 is 11.5 Å². The van der Waals surface area contributed by atoms with E-state index < -0.39 is 0 Å². The highest BCUT2D eigenvalue weighted by molar-refractivity contribution is 7.03. The second kappa shape index (κ2) is 3.75. The van der Waals surface area contributed by atoms with Crippen LogP contribution in [-0.4, -0.2) is 27.0 Å². The van der Waals surface area contributed by atoms with Crippen LogP contribution in [0.4, 0.5) is 0 Å². The fraction of sp³-hybridized carbons (Fsp3) is 0.400. The molecule has 0 unspecified atom stereocenters. The zero-order valence-corrected chi connectivity index (χ0v) is 9.07. The molecule has 0 aliphatic carbocycles. The Bertz CT molecular complexity index is 428. The molecule has 0 amide bonds. The molecule has 1 atom stereocenters. The van der Waals surface area contributed by atoms with Gasteiger partial charge >= 0.3 is 0 Å². The van der Waals surface area contributed by atoms with Gasteiger partial charge in [0.1, 0.15) is 5.82 Å². The summed E-state index contributed by atoms with van der Waals surface area (Å²) in [5.74, 6) is 1.04. The van der Waals surface area contributed by atoms with Gasteiger partial charge in [-0.05, 0) is 24.5 Å². The van der Waals surface area contributed by atoms with E-state index in [1.54, 1.807) is 0 Å². The van der Waals surface area contributed by atoms with Crippen molar-refractivity contribution >= 4 is 11.5 Å². The third kappa shape index (κ3) is 1.57. The summed E-state index contributed by atoms with van der Waals surface area (Å²) < 4.78 is 6.37. The zero-order chi connectivity index (χ0) is 10.1. The van der Waals surface area contributed by atoms with Crippen molar-refractivity contribution in [3.63, 3.8) is 0 Å². The Kier molecular flexibility index (Phi) is 2.26. The van der Waals surface area contributed by atoms with Gasteiger partial charge in [0.05, 0.1) is 6.20 Å². The molecule has 15 heavy (non-hydrogen) atoms. The van der Waals surface area contributed by atoms with Crippen LogP contribution in [0.5, 0.6) is 0 Å². The van der Waals surface area contributed by atoms with Crippen molar-refractivity contribution < 1.29 is 0 Å². The van der Waals surface area contributed by atoms with Crippen LogP contribution in [0.2, 0.25) is 0 Å². The minimum absolute atomic E-state index is 0.544. The van der Waals surface area contributed by atoms with E-state index in [4.69, 9.17) is 0 Å². The predicted octanol–water partition coefficient (Wildman–Crippen LogP) is 1.54. The Morgan fingerprint density at radius 3 is 3.27 bits per heavy atom. The van der Waals surface area contributed by atoms with Gasteiger partial charge in [0, 0.05) is 35.9 Å². The van der Waals surface area contributed by atoms with Gasteiger partial charge in [0.2, 0.25) is 0 Å². The summed E-state index contributed by atoms with van der Waals surface area (Å²) in [7, 11) is 0. The quantitative estimate of drug-likeness (QED) is 0.835. The molecule has 1 N–H and O–H groups in total. The van der Waals surface area contributed by atoms with E-state index in [-0.39, 0.29) is 0 Å². The Labute approximate surface area is 92.1 Å². The highest BCUT2D eigenvalue weighted by Gasteiger charge is 2.19. The summed E-state index contributed by atoms with van der Waals surface area (Å²) >= 11 is 1.47. The van der Waals surface area contributed by atoms with Crippen LogP contribution in [0, 0.1) is 0 Å². The molecule has 2 aromatic rings. The molecule has 1 aliphatic rings. The van der Waals surface area contributed by atoms with Crippen molar-refractivity contribution in [1.29, 1.82) is 0 Å². The largest absolute Gasteiger partial charge is 0.327 e. The zero-order valence-electron chi connectivity index (χ0n) is 8.26. The smallest absolute Gasteiger partial charge is 0.142 e. The van der Waals surface area contributed by atoms with Gasteiger partial charge < -0.3 is 9.88 Å². The first-order valence-corrected chi connectivity index (χ1v) is 5.92. The summed E-state index contributed by atoms with van der Waals surface area (Å²) in [6, 6.07) is 0.544. The number of hydrogen-bond donors (Lipinski definition) is 1. The Morgan fingerprint density at radius 2 is 2.53 bits per heavy atom. The lowest BCUT2D eigenvalue weighted by Gasteiger charge is -2.13. The summed E-state index contributed by atoms with van der Waals surface area (Å²) in [4.78, 5) is 4.41. The fourth-order valence-corrected chi connectivity index (χ4v) is 2.54. The molecule has 1 saturated heterocycles. The molecular formula is C10H12N4S. The van der Waals surface area contributed by atoms with E-state index in [1.807, 2.05) is 17.8 Å². The third-order valence-corrected chi connectivity index (χ3v) is 3.37. The standard InChI is InChI=1S/C10H12N4S/c1-2-11-6-9(1)14-4-3-12-10(14)8-5-13-15-7-8/h3-5,7,9,11H,1-2,6H2/t9-/m1/s1. The maximum Gasteiger partial charge on any atom is 0.142 e. The van der Waals surface area contributed by atoms with Crippen LogP contribution in [0.15, 0.2) is 24.0 Å². The summed E-state index contributed by atoms with van der Waals surface area (Å²) in [6.07, 6.45) is 6.99. The summed E-state index contributed by atoms with van der Waals surface area (Å²) in [6.45, 7) is 2.14. The Balaban J connectivity index is 1.98. The highest BCUT2D eigenvalue weighted by atomic mass is 32.1. The predicted molar refractivity (Wildman–Crippen MR) is 59.9 cm³/mol. The third-order valence-electron chi connectivity index (χ3n) is 2.79. The molecule has 78 valence electrons. The van der Waals surface area contributed by atoms with Crippen molar-refractivity contribution in [2.75, 3.05) is 13.1 Å². The molecule has 0 spiro atoms. The van der Waals surface area contributed by atoms with Gasteiger partial charge in [0.25, 0.3) is 0 Å². The lowest BCUT2D eigenvalue weighted by atomic mass is 10.2. The molecule has 5 heteroatoms. The lowest BCUT2D eigenvalue weighted by molar-refractivity contribution is 0.552. The van der Waals surface area contributed by atoms with Gasteiger partial charge in [-0.1, -0.05) is 0 Å². The average molecular weight is 220 g/mol. The van der Waals surface area contributed by atoms with Crippen molar-refractivity contribution in [3.05, 3.63) is 24.0 Å². The van der Waals surface area contributed by atoms with Gasteiger partial charge in [-0.3, -0.25) is 0 Å². The van der Waals surface area contributed by atoms with E-state index in [1.165, 1.54) is 18.0 Å². The van der Waals surface area contributed by atoms with Crippen molar-refractivity contribution in [2.45, 2.75) is 12.5 Å². The fourth-order valence-electron chi connectivity index (χ4n) is 2.02. The molecule has 0 radical (unpaired) electrons. The van der Waals surface area contributed by atoms with Crippen molar-refractivity contribution in [1.82, 2.24) is 19.2 Å². The van der Waals surface area contributed by atoms with Crippen molar-refractivity contribution in [3.8, 4) is 11.4 Å². The molecular weight excluding hydrogens is 208 g/mol. The second-order valence-corrected chi connectivity index (χ2v) is 4.38. The lowest BCUT2D eigenvalue weighted by Crippen LogP contribution is -2.13. The normalized spacial score (nSPS) is 20.9. The molecule has 1 aliphatic heterocycles. The maximum atomic E-state index is 4.41. The Morgan fingerprint density at radius 1 is 1.53 bits per heavy atom. The molecule has 3 rings (SSSR count). The minimum atomic E-state index is 0.544. The summed E-state index contributed by atoms with van der Waals surface area (Å²) in [5, 5.41) is 5.41. The van der Waals surface area contributed by atoms with Crippen LogP contribution in [0.25, 0.3) is 11.4 Å². The number of hydrogen-bond acceptors (Lipinski definition) is 4. The van der Waals surface area contributed by atoms with Crippen LogP contribution < -0.4 is 5.32 Å². The minimum Gasteiger partial charge on any atom is -0.327 e. The molecule has 3 heterocycles. The second-order valence-electron chi connectivity index (χ2n) is 3.72. The number of rotatable bonds is 2. The maximum absolute atomic E-state index is 4.41. The van der Waals surface area contributed by atoms with E-state index in [9.17, 15) is 0 Å². The average Bonchev–Trinajstić information content (AvgIpc) is 3.01. The molecule has 0 bridgehead atoms. The van der Waals surface area contributed by atoms with Crippen molar-refractivity contribution in [2.24, 2.45) is 0 Å². The van der Waals surface area contributed by atoms with Crippen LogP contribution in [0.3, 0.4) is 0 Å². The van der Waals surface area contributed by atoms with E-state index in [2.05, 4.69) is 25.4 Å². The van der Waals surface area contributed by atoms with E-state index in [0.29, 0.717) is 6.04 Å². The molecule has 1 fully saturated rings. The first-order chi connectivity index (χ1) is 7.45. The first-order valence-electron chi connectivity index (χ1n) is 5.08. The van der Waals surface area contributed by atoms with Crippen LogP contribution in [-0.2, 0) is 0 Å². The number of nitrogens with one attached hydrogen (secondary N) is 1. The molecule has 2 aromatic heterocycles. The van der Waals surface area contributed by atoms with Gasteiger partial charge in [-0.15, -0.1) is 0 Å². The highest BCUT2D eigenvalue weighted by Crippen LogP contribution is 2.24. The van der Waals surface area contributed by atoms with Gasteiger partial charge in [-0.25, -0.2) is 9.36 Å². The number of aromatic nitrogens is 3. The monoisotopic (exact) mass is 220 g/mol. The van der Waals surface area contributed by atoms with Gasteiger partial charge in [0.15, 0.2) is 0 Å². The van der Waals surface area contributed by atoms with E-state index >= 15 is 0 Å². The Hall–Kier alpha value is -1.20. The van der Waals surface area contributed by atoms with Crippen LogP contribution in [0.1, 0.15) is 12.5 Å². The number of nitrogens with zero attached hydrogens (tertiary/aromatic N) is 3. The molecule has 4 nitrogen and oxygen atoms in total. The molecule has 0 aromatic carbocycles. The topological polar surface area (TPSA) is 42.7 Å². The summed E-state index contributed by atoms with van der Waals surface area (Å²) in [5.41, 5.74) is 1.12. The SMILES string of the molecule is c1cn([C@@H]2CCNC2)c(-c2cnsc2)n1. The van der Waals surface area contributed by atoms with E-state index in [0.717, 1.165) is 24.5 Å². The number of imidazole rings is 1. The molecule has 0 saturated carbocycles. The van der Waals surface area contributed by atoms with Gasteiger partial charge in [-0.2, -0.15) is 0 Å².